The van der Waals surface area contributed by atoms with E-state index in [-0.39, 0.29) is 0 Å². The van der Waals surface area contributed by atoms with Crippen LogP contribution in [0, 0.1) is 18.3 Å². The molecule has 0 amide bonds. The Bertz CT molecular complexity index is 624. The highest BCUT2D eigenvalue weighted by Gasteiger charge is 2.48. The quantitative estimate of drug-likeness (QED) is 0.803. The van der Waals surface area contributed by atoms with Crippen molar-refractivity contribution in [3.8, 4) is 17.3 Å². The largest absolute Gasteiger partial charge is 0.264 e. The fraction of sp³-hybridized carbons (Fsp3) is 0.286. The van der Waals surface area contributed by atoms with Crippen molar-refractivity contribution >= 4 is 0 Å². The zero-order chi connectivity index (χ0) is 12.6. The average molecular weight is 236 g/mol. The summed E-state index contributed by atoms with van der Waals surface area (Å²) in [6.07, 6.45) is 5.23. The molecular weight excluding hydrogens is 224 g/mol. The van der Waals surface area contributed by atoms with E-state index in [0.717, 1.165) is 29.8 Å². The summed E-state index contributed by atoms with van der Waals surface area (Å²) >= 11 is 0. The molecule has 1 aliphatic rings. The summed E-state index contributed by atoms with van der Waals surface area (Å²) in [4.78, 5) is 13.0. The maximum atomic E-state index is 9.22. The molecular formula is C14H12N4. The zero-order valence-corrected chi connectivity index (χ0v) is 10.1. The molecule has 0 unspecified atom stereocenters. The Labute approximate surface area is 105 Å². The first-order chi connectivity index (χ1) is 8.73. The van der Waals surface area contributed by atoms with E-state index in [1.807, 2.05) is 25.1 Å². The molecule has 1 aliphatic carbocycles. The lowest BCUT2D eigenvalue weighted by Gasteiger charge is -2.08. The van der Waals surface area contributed by atoms with Crippen molar-refractivity contribution in [3.63, 3.8) is 0 Å². The number of pyridine rings is 1. The van der Waals surface area contributed by atoms with Gasteiger partial charge in [-0.1, -0.05) is 0 Å². The molecule has 1 fully saturated rings. The smallest absolute Gasteiger partial charge is 0.149 e. The molecule has 2 aromatic heterocycles. The molecule has 0 atom stereocenters. The number of aryl methyl sites for hydroxylation is 1. The van der Waals surface area contributed by atoms with Gasteiger partial charge in [0.05, 0.1) is 11.8 Å². The van der Waals surface area contributed by atoms with Gasteiger partial charge in [0.15, 0.2) is 0 Å². The fourth-order valence-corrected chi connectivity index (χ4v) is 1.96. The number of nitrogens with zero attached hydrogens (tertiary/aromatic N) is 4. The number of nitriles is 1. The predicted octanol–water partition coefficient (Wildman–Crippen LogP) is 2.40. The monoisotopic (exact) mass is 236 g/mol. The van der Waals surface area contributed by atoms with Crippen LogP contribution in [0.3, 0.4) is 0 Å². The second-order valence-electron chi connectivity index (χ2n) is 4.65. The summed E-state index contributed by atoms with van der Waals surface area (Å²) in [6, 6.07) is 8.10. The van der Waals surface area contributed by atoms with Crippen molar-refractivity contribution < 1.29 is 0 Å². The third-order valence-electron chi connectivity index (χ3n) is 3.20. The fourth-order valence-electron chi connectivity index (χ4n) is 1.96. The molecule has 0 aromatic carbocycles. The van der Waals surface area contributed by atoms with Gasteiger partial charge in [0.25, 0.3) is 0 Å². The summed E-state index contributed by atoms with van der Waals surface area (Å²) in [5, 5.41) is 9.22. The predicted molar refractivity (Wildman–Crippen MR) is 66.5 cm³/mol. The van der Waals surface area contributed by atoms with Gasteiger partial charge in [-0.25, -0.2) is 9.97 Å². The van der Waals surface area contributed by atoms with Gasteiger partial charge in [0.2, 0.25) is 0 Å². The van der Waals surface area contributed by atoms with Crippen LogP contribution in [0.15, 0.2) is 30.6 Å². The molecule has 4 nitrogen and oxygen atoms in total. The van der Waals surface area contributed by atoms with Crippen LogP contribution in [-0.4, -0.2) is 15.0 Å². The first kappa shape index (κ1) is 10.8. The van der Waals surface area contributed by atoms with Crippen LogP contribution in [0.1, 0.15) is 24.4 Å². The summed E-state index contributed by atoms with van der Waals surface area (Å²) in [6.45, 7) is 1.93. The van der Waals surface area contributed by atoms with E-state index in [2.05, 4.69) is 21.0 Å². The standard InChI is InChI=1S/C14H12N4/c1-10-7-12(11-3-2-6-16-8-11)18-13(17-10)14(9-15)4-5-14/h2-3,6-8H,4-5H2,1H3. The lowest BCUT2D eigenvalue weighted by molar-refractivity contribution is 0.789. The van der Waals surface area contributed by atoms with E-state index in [4.69, 9.17) is 0 Å². The van der Waals surface area contributed by atoms with Crippen LogP contribution in [0.4, 0.5) is 0 Å². The van der Waals surface area contributed by atoms with Crippen molar-refractivity contribution in [2.75, 3.05) is 0 Å². The first-order valence-corrected chi connectivity index (χ1v) is 5.91. The van der Waals surface area contributed by atoms with Gasteiger partial charge < -0.3 is 0 Å². The first-order valence-electron chi connectivity index (χ1n) is 5.91. The highest BCUT2D eigenvalue weighted by atomic mass is 14.9. The Morgan fingerprint density at radius 1 is 1.33 bits per heavy atom. The Balaban J connectivity index is 2.11. The molecule has 0 aliphatic heterocycles. The van der Waals surface area contributed by atoms with Crippen LogP contribution >= 0.6 is 0 Å². The maximum absolute atomic E-state index is 9.22. The molecule has 2 heterocycles. The summed E-state index contributed by atoms with van der Waals surface area (Å²) < 4.78 is 0. The lowest BCUT2D eigenvalue weighted by Crippen LogP contribution is -2.10. The van der Waals surface area contributed by atoms with Gasteiger partial charge in [-0.15, -0.1) is 0 Å². The molecule has 4 heteroatoms. The highest BCUT2D eigenvalue weighted by molar-refractivity contribution is 5.58. The van der Waals surface area contributed by atoms with Crippen LogP contribution in [0.25, 0.3) is 11.3 Å². The minimum absolute atomic E-state index is 0.441. The van der Waals surface area contributed by atoms with E-state index in [9.17, 15) is 5.26 Å². The van der Waals surface area contributed by atoms with Crippen LogP contribution in [-0.2, 0) is 5.41 Å². The summed E-state index contributed by atoms with van der Waals surface area (Å²) in [5.41, 5.74) is 2.24. The van der Waals surface area contributed by atoms with Crippen LogP contribution in [0.2, 0.25) is 0 Å². The van der Waals surface area contributed by atoms with E-state index in [1.54, 1.807) is 12.4 Å². The Morgan fingerprint density at radius 3 is 2.78 bits per heavy atom. The second-order valence-corrected chi connectivity index (χ2v) is 4.65. The topological polar surface area (TPSA) is 62.5 Å². The SMILES string of the molecule is Cc1cc(-c2cccnc2)nc(C2(C#N)CC2)n1. The van der Waals surface area contributed by atoms with Crippen LogP contribution in [0.5, 0.6) is 0 Å². The molecule has 0 bridgehead atoms. The number of rotatable bonds is 2. The minimum atomic E-state index is -0.441. The lowest BCUT2D eigenvalue weighted by atomic mass is 10.1. The molecule has 0 saturated heterocycles. The number of hydrogen-bond acceptors (Lipinski definition) is 4. The Kier molecular flexibility index (Phi) is 2.34. The zero-order valence-electron chi connectivity index (χ0n) is 10.1. The molecule has 0 radical (unpaired) electrons. The van der Waals surface area contributed by atoms with Gasteiger partial charge >= 0.3 is 0 Å². The molecule has 18 heavy (non-hydrogen) atoms. The minimum Gasteiger partial charge on any atom is -0.264 e. The number of aromatic nitrogens is 3. The molecule has 2 aromatic rings. The third kappa shape index (κ3) is 1.74. The normalized spacial score (nSPS) is 16.0. The van der Waals surface area contributed by atoms with Crippen LogP contribution < -0.4 is 0 Å². The van der Waals surface area contributed by atoms with Crippen molar-refractivity contribution in [3.05, 3.63) is 42.1 Å². The van der Waals surface area contributed by atoms with Crippen molar-refractivity contribution in [2.24, 2.45) is 0 Å². The van der Waals surface area contributed by atoms with Gasteiger partial charge in [-0.3, -0.25) is 4.98 Å². The molecule has 88 valence electrons. The van der Waals surface area contributed by atoms with Crippen molar-refractivity contribution in [1.82, 2.24) is 15.0 Å². The highest BCUT2D eigenvalue weighted by Crippen LogP contribution is 2.46. The van der Waals surface area contributed by atoms with Gasteiger partial charge in [0, 0.05) is 23.7 Å². The van der Waals surface area contributed by atoms with Gasteiger partial charge in [0.1, 0.15) is 11.2 Å². The Hall–Kier alpha value is -2.28. The van der Waals surface area contributed by atoms with E-state index < -0.39 is 5.41 Å². The van der Waals surface area contributed by atoms with E-state index in [1.165, 1.54) is 0 Å². The van der Waals surface area contributed by atoms with E-state index >= 15 is 0 Å². The van der Waals surface area contributed by atoms with Gasteiger partial charge in [-0.05, 0) is 38.0 Å². The molecule has 0 N–H and O–H groups in total. The number of hydrogen-bond donors (Lipinski definition) is 0. The summed E-state index contributed by atoms with van der Waals surface area (Å²) in [5.74, 6) is 0.656. The summed E-state index contributed by atoms with van der Waals surface area (Å²) in [7, 11) is 0. The second kappa shape index (κ2) is 3.88. The Morgan fingerprint density at radius 2 is 2.17 bits per heavy atom. The molecule has 3 rings (SSSR count). The molecule has 0 spiro atoms. The van der Waals surface area contributed by atoms with Gasteiger partial charge in [-0.2, -0.15) is 5.26 Å². The average Bonchev–Trinajstić information content (AvgIpc) is 3.20. The van der Waals surface area contributed by atoms with Crippen molar-refractivity contribution in [1.29, 1.82) is 5.26 Å². The maximum Gasteiger partial charge on any atom is 0.149 e. The third-order valence-corrected chi connectivity index (χ3v) is 3.20. The van der Waals surface area contributed by atoms with E-state index in [0.29, 0.717) is 5.82 Å². The molecule has 1 saturated carbocycles. The van der Waals surface area contributed by atoms with Crippen molar-refractivity contribution in [2.45, 2.75) is 25.2 Å².